The van der Waals surface area contributed by atoms with E-state index in [0.29, 0.717) is 12.2 Å². The van der Waals surface area contributed by atoms with Crippen LogP contribution in [0.1, 0.15) is 46.0 Å². The van der Waals surface area contributed by atoms with Crippen molar-refractivity contribution in [2.45, 2.75) is 58.2 Å². The third kappa shape index (κ3) is 1.31. The summed E-state index contributed by atoms with van der Waals surface area (Å²) in [6.45, 7) is 4.26. The molecule has 2 aliphatic rings. The minimum Gasteiger partial charge on any atom is -0.376 e. The van der Waals surface area contributed by atoms with Crippen molar-refractivity contribution in [2.24, 2.45) is 5.41 Å². The third-order valence-corrected chi connectivity index (χ3v) is 3.20. The first kappa shape index (κ1) is 7.60. The van der Waals surface area contributed by atoms with E-state index < -0.39 is 0 Å². The summed E-state index contributed by atoms with van der Waals surface area (Å²) in [4.78, 5) is 0. The van der Waals surface area contributed by atoms with Crippen LogP contribution in [0, 0.1) is 5.41 Å². The SMILES string of the molecule is CC(C)OC1CC2(CCC2)C1. The zero-order valence-corrected chi connectivity index (χ0v) is 7.60. The summed E-state index contributed by atoms with van der Waals surface area (Å²) in [5.74, 6) is 0. The molecule has 0 atom stereocenters. The Balaban J connectivity index is 1.71. The summed E-state index contributed by atoms with van der Waals surface area (Å²) in [5, 5.41) is 0. The fourth-order valence-electron chi connectivity index (χ4n) is 2.47. The molecule has 2 saturated carbocycles. The van der Waals surface area contributed by atoms with Crippen molar-refractivity contribution in [3.05, 3.63) is 0 Å². The first-order chi connectivity index (χ1) is 5.20. The van der Waals surface area contributed by atoms with Gasteiger partial charge in [-0.25, -0.2) is 0 Å². The van der Waals surface area contributed by atoms with E-state index in [1.807, 2.05) is 0 Å². The van der Waals surface area contributed by atoms with Gasteiger partial charge in [0.05, 0.1) is 12.2 Å². The highest BCUT2D eigenvalue weighted by Gasteiger charge is 2.48. The quantitative estimate of drug-likeness (QED) is 0.594. The van der Waals surface area contributed by atoms with E-state index >= 15 is 0 Å². The second-order valence-corrected chi connectivity index (χ2v) is 4.57. The molecule has 2 fully saturated rings. The Morgan fingerprint density at radius 1 is 1.27 bits per heavy atom. The molecule has 0 N–H and O–H groups in total. The Bertz CT molecular complexity index is 139. The molecule has 2 rings (SSSR count). The van der Waals surface area contributed by atoms with Crippen molar-refractivity contribution < 1.29 is 4.74 Å². The molecule has 1 spiro atoms. The van der Waals surface area contributed by atoms with Crippen molar-refractivity contribution in [3.63, 3.8) is 0 Å². The van der Waals surface area contributed by atoms with Gasteiger partial charge in [0.25, 0.3) is 0 Å². The summed E-state index contributed by atoms with van der Waals surface area (Å²) >= 11 is 0. The predicted molar refractivity (Wildman–Crippen MR) is 45.5 cm³/mol. The molecule has 0 bridgehead atoms. The van der Waals surface area contributed by atoms with Gasteiger partial charge in [0.2, 0.25) is 0 Å². The van der Waals surface area contributed by atoms with Crippen LogP contribution < -0.4 is 0 Å². The Hall–Kier alpha value is -0.0400. The average Bonchev–Trinajstić information content (AvgIpc) is 1.71. The molecule has 11 heavy (non-hydrogen) atoms. The summed E-state index contributed by atoms with van der Waals surface area (Å²) in [6, 6.07) is 0. The van der Waals surface area contributed by atoms with E-state index in [0.717, 1.165) is 5.41 Å². The molecule has 0 aliphatic heterocycles. The fraction of sp³-hybridized carbons (Fsp3) is 1.00. The van der Waals surface area contributed by atoms with E-state index in [2.05, 4.69) is 13.8 Å². The lowest BCUT2D eigenvalue weighted by molar-refractivity contribution is -0.134. The van der Waals surface area contributed by atoms with Gasteiger partial charge in [-0.05, 0) is 44.9 Å². The minimum absolute atomic E-state index is 0.428. The lowest BCUT2D eigenvalue weighted by Gasteiger charge is -2.54. The summed E-state index contributed by atoms with van der Waals surface area (Å²) < 4.78 is 5.72. The molecule has 0 amide bonds. The van der Waals surface area contributed by atoms with Crippen molar-refractivity contribution in [1.82, 2.24) is 0 Å². The van der Waals surface area contributed by atoms with Gasteiger partial charge in [-0.15, -0.1) is 0 Å². The van der Waals surface area contributed by atoms with Gasteiger partial charge < -0.3 is 4.74 Å². The van der Waals surface area contributed by atoms with Gasteiger partial charge >= 0.3 is 0 Å². The largest absolute Gasteiger partial charge is 0.376 e. The Morgan fingerprint density at radius 2 is 1.91 bits per heavy atom. The first-order valence-corrected chi connectivity index (χ1v) is 4.86. The molecule has 0 aromatic carbocycles. The predicted octanol–water partition coefficient (Wildman–Crippen LogP) is 2.74. The summed E-state index contributed by atoms with van der Waals surface area (Å²) in [7, 11) is 0. The summed E-state index contributed by atoms with van der Waals surface area (Å²) in [6.07, 6.45) is 8.16. The fourth-order valence-corrected chi connectivity index (χ4v) is 2.47. The molecular formula is C10H18O. The van der Waals surface area contributed by atoms with Gasteiger partial charge in [0, 0.05) is 0 Å². The van der Waals surface area contributed by atoms with Crippen molar-refractivity contribution in [2.75, 3.05) is 0 Å². The van der Waals surface area contributed by atoms with E-state index in [1.54, 1.807) is 0 Å². The second-order valence-electron chi connectivity index (χ2n) is 4.57. The van der Waals surface area contributed by atoms with E-state index in [4.69, 9.17) is 4.74 Å². The normalized spacial score (nSPS) is 28.6. The standard InChI is InChI=1S/C10H18O/c1-8(2)11-9-6-10(7-9)4-3-5-10/h8-9H,3-7H2,1-2H3. The van der Waals surface area contributed by atoms with E-state index in [1.165, 1.54) is 32.1 Å². The maximum atomic E-state index is 5.72. The molecule has 0 aromatic rings. The van der Waals surface area contributed by atoms with Crippen LogP contribution in [0.15, 0.2) is 0 Å². The van der Waals surface area contributed by atoms with Gasteiger partial charge in [0.1, 0.15) is 0 Å². The Labute approximate surface area is 69.1 Å². The second kappa shape index (κ2) is 2.48. The maximum absolute atomic E-state index is 5.72. The number of ether oxygens (including phenoxy) is 1. The molecule has 0 unspecified atom stereocenters. The zero-order chi connectivity index (χ0) is 7.90. The smallest absolute Gasteiger partial charge is 0.0589 e. The van der Waals surface area contributed by atoms with Crippen molar-refractivity contribution in [3.8, 4) is 0 Å². The number of hydrogen-bond acceptors (Lipinski definition) is 1. The topological polar surface area (TPSA) is 9.23 Å². The first-order valence-electron chi connectivity index (χ1n) is 4.86. The van der Waals surface area contributed by atoms with E-state index in [9.17, 15) is 0 Å². The van der Waals surface area contributed by atoms with Crippen LogP contribution >= 0.6 is 0 Å². The molecule has 1 nitrogen and oxygen atoms in total. The molecule has 64 valence electrons. The number of hydrogen-bond donors (Lipinski definition) is 0. The molecule has 1 heteroatoms. The van der Waals surface area contributed by atoms with E-state index in [-0.39, 0.29) is 0 Å². The van der Waals surface area contributed by atoms with Crippen LogP contribution in [-0.4, -0.2) is 12.2 Å². The Kier molecular flexibility index (Phi) is 1.71. The maximum Gasteiger partial charge on any atom is 0.0589 e. The summed E-state index contributed by atoms with van der Waals surface area (Å²) in [5.41, 5.74) is 0.777. The monoisotopic (exact) mass is 154 g/mol. The molecular weight excluding hydrogens is 136 g/mol. The highest BCUT2D eigenvalue weighted by molar-refractivity contribution is 4.99. The molecule has 0 radical (unpaired) electrons. The van der Waals surface area contributed by atoms with Gasteiger partial charge in [-0.2, -0.15) is 0 Å². The van der Waals surface area contributed by atoms with Crippen LogP contribution in [-0.2, 0) is 4.74 Å². The lowest BCUT2D eigenvalue weighted by Crippen LogP contribution is -2.47. The molecule has 2 aliphatic carbocycles. The van der Waals surface area contributed by atoms with Crippen LogP contribution in [0.25, 0.3) is 0 Å². The third-order valence-electron chi connectivity index (χ3n) is 3.20. The zero-order valence-electron chi connectivity index (χ0n) is 7.60. The Morgan fingerprint density at radius 3 is 2.27 bits per heavy atom. The lowest BCUT2D eigenvalue weighted by atomic mass is 9.55. The highest BCUT2D eigenvalue weighted by Crippen LogP contribution is 2.56. The van der Waals surface area contributed by atoms with Crippen LogP contribution in [0.4, 0.5) is 0 Å². The van der Waals surface area contributed by atoms with Crippen LogP contribution in [0.3, 0.4) is 0 Å². The van der Waals surface area contributed by atoms with Crippen LogP contribution in [0.2, 0.25) is 0 Å². The van der Waals surface area contributed by atoms with Crippen molar-refractivity contribution >= 4 is 0 Å². The molecule has 0 saturated heterocycles. The minimum atomic E-state index is 0.428. The van der Waals surface area contributed by atoms with Crippen molar-refractivity contribution in [1.29, 1.82) is 0 Å². The molecule has 0 heterocycles. The van der Waals surface area contributed by atoms with Gasteiger partial charge in [-0.1, -0.05) is 6.42 Å². The average molecular weight is 154 g/mol. The highest BCUT2D eigenvalue weighted by atomic mass is 16.5. The molecule has 0 aromatic heterocycles. The number of rotatable bonds is 2. The van der Waals surface area contributed by atoms with Gasteiger partial charge in [0.15, 0.2) is 0 Å². The van der Waals surface area contributed by atoms with Crippen LogP contribution in [0.5, 0.6) is 0 Å². The van der Waals surface area contributed by atoms with Gasteiger partial charge in [-0.3, -0.25) is 0 Å².